The summed E-state index contributed by atoms with van der Waals surface area (Å²) in [5.74, 6) is -1.01. The van der Waals surface area contributed by atoms with Crippen molar-refractivity contribution in [1.29, 1.82) is 0 Å². The first-order valence-electron chi connectivity index (χ1n) is 10.7. The van der Waals surface area contributed by atoms with Crippen LogP contribution in [0.1, 0.15) is 31.2 Å². The quantitative estimate of drug-likeness (QED) is 0.756. The standard InChI is InChI=1S/C24H27FN2O4/c1-16-9-10-21(19(25)12-16)27-14-17(13-23(27)28)24(29)26-20-7-2-3-8-22(20)31-15-18-6-4-5-11-30-18/h2-3,7-10,12,17-18H,4-6,11,13-15H2,1H3,(H,26,29). The third kappa shape index (κ3) is 5.05. The fourth-order valence-electron chi connectivity index (χ4n) is 4.00. The Morgan fingerprint density at radius 3 is 2.87 bits per heavy atom. The van der Waals surface area contributed by atoms with E-state index >= 15 is 0 Å². The Bertz CT molecular complexity index is 958. The molecule has 0 aliphatic carbocycles. The molecular formula is C24H27FN2O4. The van der Waals surface area contributed by atoms with E-state index in [4.69, 9.17) is 9.47 Å². The molecule has 7 heteroatoms. The lowest BCUT2D eigenvalue weighted by Crippen LogP contribution is -2.29. The maximum Gasteiger partial charge on any atom is 0.229 e. The minimum atomic E-state index is -0.567. The lowest BCUT2D eigenvalue weighted by molar-refractivity contribution is -0.122. The van der Waals surface area contributed by atoms with Gasteiger partial charge in [-0.3, -0.25) is 9.59 Å². The molecule has 31 heavy (non-hydrogen) atoms. The van der Waals surface area contributed by atoms with Gasteiger partial charge in [-0.1, -0.05) is 18.2 Å². The Morgan fingerprint density at radius 1 is 1.26 bits per heavy atom. The minimum absolute atomic E-state index is 0.0398. The van der Waals surface area contributed by atoms with E-state index < -0.39 is 11.7 Å². The lowest BCUT2D eigenvalue weighted by atomic mass is 10.1. The van der Waals surface area contributed by atoms with Crippen LogP contribution in [0.25, 0.3) is 0 Å². The zero-order chi connectivity index (χ0) is 21.8. The molecule has 2 amide bonds. The number of ether oxygens (including phenoxy) is 2. The van der Waals surface area contributed by atoms with Crippen molar-refractivity contribution in [3.63, 3.8) is 0 Å². The Morgan fingerprint density at radius 2 is 2.10 bits per heavy atom. The molecular weight excluding hydrogens is 399 g/mol. The van der Waals surface area contributed by atoms with Gasteiger partial charge in [0.1, 0.15) is 18.2 Å². The molecule has 0 saturated carbocycles. The summed E-state index contributed by atoms with van der Waals surface area (Å²) in [5.41, 5.74) is 1.54. The van der Waals surface area contributed by atoms with Crippen LogP contribution in [0.4, 0.5) is 15.8 Å². The first kappa shape index (κ1) is 21.3. The molecule has 2 aliphatic heterocycles. The van der Waals surface area contributed by atoms with Crippen molar-refractivity contribution in [2.75, 3.05) is 30.0 Å². The zero-order valence-corrected chi connectivity index (χ0v) is 17.6. The van der Waals surface area contributed by atoms with Gasteiger partial charge in [0.15, 0.2) is 0 Å². The number of nitrogens with one attached hydrogen (secondary N) is 1. The molecule has 2 aromatic carbocycles. The van der Waals surface area contributed by atoms with Crippen LogP contribution in [-0.4, -0.2) is 37.7 Å². The van der Waals surface area contributed by atoms with E-state index in [1.165, 1.54) is 11.0 Å². The van der Waals surface area contributed by atoms with Crippen LogP contribution in [0, 0.1) is 18.7 Å². The first-order chi connectivity index (χ1) is 15.0. The topological polar surface area (TPSA) is 67.9 Å². The SMILES string of the molecule is Cc1ccc(N2CC(C(=O)Nc3ccccc3OCC3CCCCO3)CC2=O)c(F)c1. The number of benzene rings is 2. The number of anilines is 2. The van der Waals surface area contributed by atoms with Crippen molar-refractivity contribution in [2.45, 2.75) is 38.7 Å². The fourth-order valence-corrected chi connectivity index (χ4v) is 4.00. The van der Waals surface area contributed by atoms with Crippen molar-refractivity contribution in [3.05, 3.63) is 53.8 Å². The number of rotatable bonds is 6. The van der Waals surface area contributed by atoms with E-state index in [1.54, 1.807) is 31.2 Å². The van der Waals surface area contributed by atoms with Gasteiger partial charge in [0.25, 0.3) is 0 Å². The monoisotopic (exact) mass is 426 g/mol. The number of carbonyl (C=O) groups is 2. The van der Waals surface area contributed by atoms with Crippen molar-refractivity contribution < 1.29 is 23.5 Å². The molecule has 4 rings (SSSR count). The van der Waals surface area contributed by atoms with Crippen LogP contribution in [0.2, 0.25) is 0 Å². The predicted molar refractivity (Wildman–Crippen MR) is 116 cm³/mol. The third-order valence-corrected chi connectivity index (χ3v) is 5.73. The zero-order valence-electron chi connectivity index (χ0n) is 17.6. The molecule has 0 bridgehead atoms. The molecule has 2 fully saturated rings. The van der Waals surface area contributed by atoms with Gasteiger partial charge < -0.3 is 19.7 Å². The predicted octanol–water partition coefficient (Wildman–Crippen LogP) is 4.07. The summed E-state index contributed by atoms with van der Waals surface area (Å²) in [5, 5.41) is 2.88. The number of hydrogen-bond acceptors (Lipinski definition) is 4. The lowest BCUT2D eigenvalue weighted by Gasteiger charge is -2.23. The molecule has 2 aromatic rings. The Balaban J connectivity index is 1.40. The minimum Gasteiger partial charge on any atom is -0.489 e. The van der Waals surface area contributed by atoms with Crippen LogP contribution in [0.5, 0.6) is 5.75 Å². The average Bonchev–Trinajstić information content (AvgIpc) is 3.15. The van der Waals surface area contributed by atoms with Gasteiger partial charge >= 0.3 is 0 Å². The second kappa shape index (κ2) is 9.47. The maximum atomic E-state index is 14.3. The Labute approximate surface area is 181 Å². The van der Waals surface area contributed by atoms with E-state index in [2.05, 4.69) is 5.32 Å². The molecule has 2 unspecified atom stereocenters. The van der Waals surface area contributed by atoms with Crippen LogP contribution in [-0.2, 0) is 14.3 Å². The summed E-state index contributed by atoms with van der Waals surface area (Å²) >= 11 is 0. The van der Waals surface area contributed by atoms with Gasteiger partial charge in [-0.15, -0.1) is 0 Å². The van der Waals surface area contributed by atoms with Crippen LogP contribution in [0.15, 0.2) is 42.5 Å². The molecule has 1 N–H and O–H groups in total. The number of aryl methyl sites for hydroxylation is 1. The largest absolute Gasteiger partial charge is 0.489 e. The smallest absolute Gasteiger partial charge is 0.229 e. The van der Waals surface area contributed by atoms with Gasteiger partial charge in [-0.05, 0) is 56.0 Å². The second-order valence-corrected chi connectivity index (χ2v) is 8.15. The highest BCUT2D eigenvalue weighted by molar-refractivity contribution is 6.04. The van der Waals surface area contributed by atoms with Crippen molar-refractivity contribution >= 4 is 23.2 Å². The molecule has 2 aliphatic rings. The molecule has 2 heterocycles. The van der Waals surface area contributed by atoms with Gasteiger partial charge in [0.05, 0.1) is 23.4 Å². The van der Waals surface area contributed by atoms with E-state index in [1.807, 2.05) is 12.1 Å². The molecule has 2 saturated heterocycles. The highest BCUT2D eigenvalue weighted by atomic mass is 19.1. The van der Waals surface area contributed by atoms with E-state index in [0.717, 1.165) is 31.4 Å². The Kier molecular flexibility index (Phi) is 6.51. The van der Waals surface area contributed by atoms with Crippen molar-refractivity contribution in [1.82, 2.24) is 0 Å². The van der Waals surface area contributed by atoms with Gasteiger partial charge in [0.2, 0.25) is 11.8 Å². The summed E-state index contributed by atoms with van der Waals surface area (Å²) in [6, 6.07) is 11.9. The van der Waals surface area contributed by atoms with Gasteiger partial charge in [-0.25, -0.2) is 4.39 Å². The number of nitrogens with zero attached hydrogens (tertiary/aromatic N) is 1. The summed E-state index contributed by atoms with van der Waals surface area (Å²) in [6.45, 7) is 3.11. The van der Waals surface area contributed by atoms with Gasteiger partial charge in [-0.2, -0.15) is 0 Å². The highest BCUT2D eigenvalue weighted by Gasteiger charge is 2.36. The molecule has 0 spiro atoms. The molecule has 0 aromatic heterocycles. The van der Waals surface area contributed by atoms with Crippen LogP contribution < -0.4 is 15.0 Å². The van der Waals surface area contributed by atoms with E-state index in [9.17, 15) is 14.0 Å². The molecule has 0 radical (unpaired) electrons. The number of halogens is 1. The summed E-state index contributed by atoms with van der Waals surface area (Å²) < 4.78 is 25.9. The number of amides is 2. The first-order valence-corrected chi connectivity index (χ1v) is 10.7. The van der Waals surface area contributed by atoms with Crippen molar-refractivity contribution in [2.24, 2.45) is 5.92 Å². The normalized spacial score (nSPS) is 21.2. The maximum absolute atomic E-state index is 14.3. The second-order valence-electron chi connectivity index (χ2n) is 8.15. The fraction of sp³-hybridized carbons (Fsp3) is 0.417. The van der Waals surface area contributed by atoms with Gasteiger partial charge in [0, 0.05) is 19.6 Å². The number of hydrogen-bond donors (Lipinski definition) is 1. The highest BCUT2D eigenvalue weighted by Crippen LogP contribution is 2.30. The number of carbonyl (C=O) groups excluding carboxylic acids is 2. The molecule has 6 nitrogen and oxygen atoms in total. The molecule has 164 valence electrons. The molecule has 2 atom stereocenters. The summed E-state index contributed by atoms with van der Waals surface area (Å²) in [7, 11) is 0. The summed E-state index contributed by atoms with van der Waals surface area (Å²) in [4.78, 5) is 26.7. The summed E-state index contributed by atoms with van der Waals surface area (Å²) in [6.07, 6.45) is 3.26. The average molecular weight is 426 g/mol. The third-order valence-electron chi connectivity index (χ3n) is 5.73. The van der Waals surface area contributed by atoms with Crippen LogP contribution in [0.3, 0.4) is 0 Å². The van der Waals surface area contributed by atoms with Crippen LogP contribution >= 0.6 is 0 Å². The van der Waals surface area contributed by atoms with E-state index in [-0.39, 0.29) is 36.6 Å². The number of para-hydroxylation sites is 2. The van der Waals surface area contributed by atoms with Crippen molar-refractivity contribution in [3.8, 4) is 5.75 Å². The van der Waals surface area contributed by atoms with E-state index in [0.29, 0.717) is 18.0 Å². The Hall–Kier alpha value is -2.93.